The number of ether oxygens (including phenoxy) is 1. The summed E-state index contributed by atoms with van der Waals surface area (Å²) >= 11 is 0. The Morgan fingerprint density at radius 3 is 2.55 bits per heavy atom. The third-order valence-electron chi connectivity index (χ3n) is 10.4. The van der Waals surface area contributed by atoms with Gasteiger partial charge in [-0.1, -0.05) is 30.7 Å². The predicted molar refractivity (Wildman–Crippen MR) is 118 cm³/mol. The molecule has 5 aliphatic carbocycles. The van der Waals surface area contributed by atoms with Gasteiger partial charge >= 0.3 is 11.9 Å². The number of hydrogen-bond acceptors (Lipinski definition) is 5. The Labute approximate surface area is 186 Å². The number of carbonyl (C=O) groups excluding carboxylic acids is 2. The quantitative estimate of drug-likeness (QED) is 0.198. The van der Waals surface area contributed by atoms with E-state index in [1.54, 1.807) is 5.57 Å². The van der Waals surface area contributed by atoms with Crippen LogP contribution in [0.5, 0.6) is 0 Å². The van der Waals surface area contributed by atoms with E-state index >= 15 is 0 Å². The number of oxime groups is 1. The Morgan fingerprint density at radius 1 is 1.06 bits per heavy atom. The maximum Gasteiger partial charge on any atom is 0.331 e. The van der Waals surface area contributed by atoms with E-state index in [1.165, 1.54) is 39.5 Å². The minimum Gasteiger partial charge on any atom is -0.462 e. The highest BCUT2D eigenvalue weighted by molar-refractivity contribution is 5.92. The van der Waals surface area contributed by atoms with E-state index in [1.807, 2.05) is 0 Å². The maximum absolute atomic E-state index is 11.5. The van der Waals surface area contributed by atoms with Crippen LogP contribution in [-0.4, -0.2) is 23.8 Å². The van der Waals surface area contributed by atoms with Crippen LogP contribution in [0.15, 0.2) is 16.8 Å². The Hall–Kier alpha value is -1.65. The molecule has 0 aromatic carbocycles. The van der Waals surface area contributed by atoms with Crippen LogP contribution >= 0.6 is 0 Å². The van der Waals surface area contributed by atoms with Crippen LogP contribution in [0.4, 0.5) is 0 Å². The van der Waals surface area contributed by atoms with Gasteiger partial charge in [-0.05, 0) is 86.4 Å². The summed E-state index contributed by atoms with van der Waals surface area (Å²) in [6.45, 7) is 10.0. The lowest BCUT2D eigenvalue weighted by atomic mass is 9.46. The molecule has 5 rings (SSSR count). The molecule has 0 unspecified atom stereocenters. The van der Waals surface area contributed by atoms with E-state index in [2.05, 4.69) is 32.0 Å². The molecular weight excluding hydrogens is 390 g/mol. The summed E-state index contributed by atoms with van der Waals surface area (Å²) in [5.41, 5.74) is 3.22. The van der Waals surface area contributed by atoms with Crippen molar-refractivity contribution in [1.82, 2.24) is 0 Å². The molecule has 0 aromatic heterocycles. The van der Waals surface area contributed by atoms with Crippen molar-refractivity contribution in [2.75, 3.05) is 0 Å². The minimum absolute atomic E-state index is 0.0600. The number of rotatable bonds is 3. The van der Waals surface area contributed by atoms with Gasteiger partial charge in [0.1, 0.15) is 6.10 Å². The van der Waals surface area contributed by atoms with Crippen LogP contribution in [0.25, 0.3) is 0 Å². The number of carbonyl (C=O) groups is 2. The maximum atomic E-state index is 11.5. The Morgan fingerprint density at radius 2 is 1.84 bits per heavy atom. The van der Waals surface area contributed by atoms with Crippen molar-refractivity contribution in [2.24, 2.45) is 45.1 Å². The summed E-state index contributed by atoms with van der Waals surface area (Å²) < 4.78 is 5.58. The smallest absolute Gasteiger partial charge is 0.331 e. The normalized spacial score (nSPS) is 47.8. The standard InChI is InChI=1S/C26H37NO4/c1-15(27-31-17(3)29)26-14-19(26)13-23-21-7-6-18-12-20(30-16(2)28)8-10-24(18,4)22(21)9-11-25(23,26)5/h6,19-23H,7-14H2,1-5H3/b27-15-/t19-,20-,21+,22-,23+,24-,25-,26-/m0/s1. The molecule has 0 N–H and O–H groups in total. The molecule has 0 saturated heterocycles. The number of esters is 1. The Balaban J connectivity index is 1.40. The highest BCUT2D eigenvalue weighted by Crippen LogP contribution is 2.80. The van der Waals surface area contributed by atoms with Crippen LogP contribution < -0.4 is 0 Å². The average molecular weight is 428 g/mol. The van der Waals surface area contributed by atoms with E-state index in [4.69, 9.17) is 9.57 Å². The van der Waals surface area contributed by atoms with Crippen molar-refractivity contribution in [3.63, 3.8) is 0 Å². The fourth-order valence-electron chi connectivity index (χ4n) is 8.96. The first-order valence-electron chi connectivity index (χ1n) is 12.2. The molecule has 0 radical (unpaired) electrons. The first-order valence-corrected chi connectivity index (χ1v) is 12.2. The zero-order chi connectivity index (χ0) is 22.2. The predicted octanol–water partition coefficient (Wildman–Crippen LogP) is 5.44. The summed E-state index contributed by atoms with van der Waals surface area (Å²) in [5.74, 6) is 2.37. The summed E-state index contributed by atoms with van der Waals surface area (Å²) in [4.78, 5) is 27.9. The van der Waals surface area contributed by atoms with Gasteiger partial charge in [0.15, 0.2) is 0 Å². The largest absolute Gasteiger partial charge is 0.462 e. The molecule has 8 atom stereocenters. The van der Waals surface area contributed by atoms with Gasteiger partial charge in [-0.25, -0.2) is 4.79 Å². The van der Waals surface area contributed by atoms with Crippen LogP contribution in [0.3, 0.4) is 0 Å². The van der Waals surface area contributed by atoms with Gasteiger partial charge in [-0.3, -0.25) is 4.79 Å². The molecule has 5 nitrogen and oxygen atoms in total. The fourth-order valence-corrected chi connectivity index (χ4v) is 8.96. The third-order valence-corrected chi connectivity index (χ3v) is 10.4. The van der Waals surface area contributed by atoms with E-state index < -0.39 is 0 Å². The molecule has 170 valence electrons. The van der Waals surface area contributed by atoms with Crippen molar-refractivity contribution >= 4 is 17.7 Å². The molecule has 31 heavy (non-hydrogen) atoms. The van der Waals surface area contributed by atoms with Gasteiger partial charge in [-0.2, -0.15) is 0 Å². The van der Waals surface area contributed by atoms with Crippen molar-refractivity contribution < 1.29 is 19.2 Å². The van der Waals surface area contributed by atoms with E-state index in [0.29, 0.717) is 11.8 Å². The van der Waals surface area contributed by atoms with Gasteiger partial charge in [0.2, 0.25) is 0 Å². The molecule has 0 aromatic rings. The lowest BCUT2D eigenvalue weighted by Crippen LogP contribution is -2.52. The van der Waals surface area contributed by atoms with Crippen LogP contribution in [0.1, 0.15) is 86.0 Å². The second kappa shape index (κ2) is 6.92. The molecule has 0 bridgehead atoms. The molecule has 5 aliphatic rings. The number of hydrogen-bond donors (Lipinski definition) is 0. The highest BCUT2D eigenvalue weighted by atomic mass is 16.7. The SMILES string of the molecule is CC(=O)O/N=C(/C)[C@@]12C[C@@H]1C[C@@H]1[C@@H]3CC=C4C[C@@H](OC(C)=O)CC[C@]4(C)[C@H]3CC[C@@]12C. The Bertz CT molecular complexity index is 877. The monoisotopic (exact) mass is 427 g/mol. The number of nitrogens with zero attached hydrogens (tertiary/aromatic N) is 1. The molecule has 5 heteroatoms. The summed E-state index contributed by atoms with van der Waals surface area (Å²) in [7, 11) is 0. The van der Waals surface area contributed by atoms with E-state index in [0.717, 1.165) is 43.2 Å². The summed E-state index contributed by atoms with van der Waals surface area (Å²) in [6.07, 6.45) is 11.8. The van der Waals surface area contributed by atoms with Crippen LogP contribution in [0, 0.1) is 39.9 Å². The highest BCUT2D eigenvalue weighted by Gasteiger charge is 2.76. The van der Waals surface area contributed by atoms with Crippen molar-refractivity contribution in [3.05, 3.63) is 11.6 Å². The van der Waals surface area contributed by atoms with Crippen molar-refractivity contribution in [1.29, 1.82) is 0 Å². The summed E-state index contributed by atoms with van der Waals surface area (Å²) in [6, 6.07) is 0. The molecule has 4 fully saturated rings. The second-order valence-electron chi connectivity index (χ2n) is 11.6. The van der Waals surface area contributed by atoms with Crippen LogP contribution in [0.2, 0.25) is 0 Å². The average Bonchev–Trinajstić information content (AvgIpc) is 3.38. The first-order chi connectivity index (χ1) is 14.6. The van der Waals surface area contributed by atoms with E-state index in [-0.39, 0.29) is 34.3 Å². The fraction of sp³-hybridized carbons (Fsp3) is 0.808. The van der Waals surface area contributed by atoms with Gasteiger partial charge in [0.05, 0.1) is 5.71 Å². The molecule has 4 saturated carbocycles. The molecule has 0 aliphatic heterocycles. The Kier molecular flexibility index (Phi) is 4.74. The summed E-state index contributed by atoms with van der Waals surface area (Å²) in [5, 5.41) is 4.28. The molecule has 0 amide bonds. The van der Waals surface area contributed by atoms with Gasteiger partial charge in [0.25, 0.3) is 0 Å². The van der Waals surface area contributed by atoms with Crippen LogP contribution in [-0.2, 0) is 19.2 Å². The molecule has 0 heterocycles. The molecule has 0 spiro atoms. The number of allylic oxidation sites excluding steroid dienone is 1. The number of fused-ring (bicyclic) bond motifs is 7. The van der Waals surface area contributed by atoms with Gasteiger partial charge < -0.3 is 9.57 Å². The van der Waals surface area contributed by atoms with Crippen molar-refractivity contribution in [3.8, 4) is 0 Å². The second-order valence-corrected chi connectivity index (χ2v) is 11.6. The van der Waals surface area contributed by atoms with Crippen molar-refractivity contribution in [2.45, 2.75) is 92.1 Å². The van der Waals surface area contributed by atoms with Gasteiger partial charge in [0, 0.05) is 25.7 Å². The lowest BCUT2D eigenvalue weighted by Gasteiger charge is -2.59. The topological polar surface area (TPSA) is 65.0 Å². The third kappa shape index (κ3) is 2.90. The first kappa shape index (κ1) is 21.2. The minimum atomic E-state index is -0.335. The zero-order valence-electron chi connectivity index (χ0n) is 19.7. The molecular formula is C26H37NO4. The lowest BCUT2D eigenvalue weighted by molar-refractivity contribution is -0.148. The van der Waals surface area contributed by atoms with Gasteiger partial charge in [-0.15, -0.1) is 0 Å². The zero-order valence-corrected chi connectivity index (χ0v) is 19.7. The van der Waals surface area contributed by atoms with E-state index in [9.17, 15) is 9.59 Å².